The molecule has 0 unspecified atom stereocenters. The summed E-state index contributed by atoms with van der Waals surface area (Å²) in [5.41, 5.74) is 1.40. The number of unbranched alkanes of at least 4 members (excludes halogenated alkanes) is 1. The van der Waals surface area contributed by atoms with Gasteiger partial charge in [-0.05, 0) is 51.9 Å². The minimum atomic E-state index is 0.943. The van der Waals surface area contributed by atoms with Gasteiger partial charge in [0.2, 0.25) is 0 Å². The molecule has 0 aliphatic rings. The highest BCUT2D eigenvalue weighted by Crippen LogP contribution is 2.23. The molecule has 0 fully saturated rings. The standard InChI is InChI=1S/C13H14BrN/c1-2-3-4-10-5-6-11-7-8-15-13(14)12(11)9-10/h5-9H,2-4H2,1H3. The van der Waals surface area contributed by atoms with Crippen LogP contribution in [0.1, 0.15) is 25.3 Å². The van der Waals surface area contributed by atoms with E-state index in [1.165, 1.54) is 29.2 Å². The minimum absolute atomic E-state index is 0.943. The maximum absolute atomic E-state index is 4.25. The molecule has 1 aromatic carbocycles. The lowest BCUT2D eigenvalue weighted by molar-refractivity contribution is 0.796. The van der Waals surface area contributed by atoms with Gasteiger partial charge in [-0.1, -0.05) is 25.5 Å². The molecule has 2 rings (SSSR count). The van der Waals surface area contributed by atoms with Crippen LogP contribution in [0.3, 0.4) is 0 Å². The zero-order valence-electron chi connectivity index (χ0n) is 8.83. The van der Waals surface area contributed by atoms with Crippen LogP contribution in [-0.4, -0.2) is 4.98 Å². The summed E-state index contributed by atoms with van der Waals surface area (Å²) in [7, 11) is 0. The highest BCUT2D eigenvalue weighted by Gasteiger charge is 2.00. The average molecular weight is 264 g/mol. The number of hydrogen-bond donors (Lipinski definition) is 0. The van der Waals surface area contributed by atoms with Gasteiger partial charge in [-0.25, -0.2) is 4.98 Å². The Morgan fingerprint density at radius 1 is 1.27 bits per heavy atom. The fourth-order valence-corrected chi connectivity index (χ4v) is 2.18. The third-order valence-corrected chi connectivity index (χ3v) is 3.23. The number of fused-ring (bicyclic) bond motifs is 1. The number of aromatic nitrogens is 1. The SMILES string of the molecule is CCCCc1ccc2ccnc(Br)c2c1. The molecule has 1 heterocycles. The minimum Gasteiger partial charge on any atom is -0.249 e. The van der Waals surface area contributed by atoms with Crippen LogP contribution in [0, 0.1) is 0 Å². The van der Waals surface area contributed by atoms with E-state index in [0.29, 0.717) is 0 Å². The molecule has 0 atom stereocenters. The Balaban J connectivity index is 2.41. The predicted molar refractivity (Wildman–Crippen MR) is 68.1 cm³/mol. The van der Waals surface area contributed by atoms with Crippen LogP contribution in [0.2, 0.25) is 0 Å². The normalized spacial score (nSPS) is 10.8. The van der Waals surface area contributed by atoms with Crippen LogP contribution in [0.25, 0.3) is 10.8 Å². The lowest BCUT2D eigenvalue weighted by Gasteiger charge is -2.03. The monoisotopic (exact) mass is 263 g/mol. The van der Waals surface area contributed by atoms with Crippen molar-refractivity contribution in [2.24, 2.45) is 0 Å². The van der Waals surface area contributed by atoms with E-state index in [1.807, 2.05) is 12.3 Å². The Bertz CT molecular complexity index is 465. The number of hydrogen-bond acceptors (Lipinski definition) is 1. The number of nitrogens with zero attached hydrogens (tertiary/aromatic N) is 1. The summed E-state index contributed by atoms with van der Waals surface area (Å²) in [4.78, 5) is 4.25. The van der Waals surface area contributed by atoms with Crippen molar-refractivity contribution in [3.8, 4) is 0 Å². The van der Waals surface area contributed by atoms with Gasteiger partial charge in [0.15, 0.2) is 0 Å². The van der Waals surface area contributed by atoms with Gasteiger partial charge in [0.05, 0.1) is 0 Å². The predicted octanol–water partition coefficient (Wildman–Crippen LogP) is 4.34. The molecule has 0 saturated carbocycles. The van der Waals surface area contributed by atoms with Crippen molar-refractivity contribution in [2.75, 3.05) is 0 Å². The number of rotatable bonds is 3. The van der Waals surface area contributed by atoms with Gasteiger partial charge in [0.1, 0.15) is 4.60 Å². The first-order valence-electron chi connectivity index (χ1n) is 5.34. The number of halogens is 1. The highest BCUT2D eigenvalue weighted by molar-refractivity contribution is 9.10. The third kappa shape index (κ3) is 2.37. The zero-order valence-corrected chi connectivity index (χ0v) is 10.4. The summed E-state index contributed by atoms with van der Waals surface area (Å²) >= 11 is 3.49. The van der Waals surface area contributed by atoms with Gasteiger partial charge >= 0.3 is 0 Å². The molecule has 78 valence electrons. The van der Waals surface area contributed by atoms with Crippen molar-refractivity contribution >= 4 is 26.7 Å². The van der Waals surface area contributed by atoms with Gasteiger partial charge in [-0.15, -0.1) is 0 Å². The first kappa shape index (κ1) is 10.6. The number of benzene rings is 1. The molecule has 0 radical (unpaired) electrons. The molecular formula is C13H14BrN. The summed E-state index contributed by atoms with van der Waals surface area (Å²) in [6.45, 7) is 2.22. The van der Waals surface area contributed by atoms with E-state index in [1.54, 1.807) is 0 Å². The summed E-state index contributed by atoms with van der Waals surface area (Å²) in [5.74, 6) is 0. The van der Waals surface area contributed by atoms with Crippen molar-refractivity contribution in [3.63, 3.8) is 0 Å². The molecule has 0 spiro atoms. The molecule has 2 heteroatoms. The van der Waals surface area contributed by atoms with Crippen LogP contribution in [0.5, 0.6) is 0 Å². The third-order valence-electron chi connectivity index (χ3n) is 2.60. The average Bonchev–Trinajstić information content (AvgIpc) is 2.27. The number of pyridine rings is 1. The first-order chi connectivity index (χ1) is 7.31. The molecule has 2 aromatic rings. The molecule has 0 aliphatic carbocycles. The Morgan fingerprint density at radius 2 is 2.13 bits per heavy atom. The van der Waals surface area contributed by atoms with E-state index >= 15 is 0 Å². The van der Waals surface area contributed by atoms with Crippen LogP contribution >= 0.6 is 15.9 Å². The van der Waals surface area contributed by atoms with Crippen LogP contribution in [0.15, 0.2) is 35.1 Å². The van der Waals surface area contributed by atoms with E-state index in [0.717, 1.165) is 11.0 Å². The van der Waals surface area contributed by atoms with Crippen molar-refractivity contribution in [1.29, 1.82) is 0 Å². The van der Waals surface area contributed by atoms with Gasteiger partial charge in [0, 0.05) is 11.6 Å². The highest BCUT2D eigenvalue weighted by atomic mass is 79.9. The molecule has 0 N–H and O–H groups in total. The van der Waals surface area contributed by atoms with Gasteiger partial charge in [-0.2, -0.15) is 0 Å². The quantitative estimate of drug-likeness (QED) is 0.751. The molecule has 1 aromatic heterocycles. The van der Waals surface area contributed by atoms with Crippen LogP contribution in [-0.2, 0) is 6.42 Å². The smallest absolute Gasteiger partial charge is 0.113 e. The summed E-state index contributed by atoms with van der Waals surface area (Å²) in [6.07, 6.45) is 5.49. The molecule has 0 aliphatic heterocycles. The largest absolute Gasteiger partial charge is 0.249 e. The molecule has 0 amide bonds. The Morgan fingerprint density at radius 3 is 2.93 bits per heavy atom. The Labute approximate surface area is 98.7 Å². The summed E-state index contributed by atoms with van der Waals surface area (Å²) in [5, 5.41) is 2.46. The van der Waals surface area contributed by atoms with Gasteiger partial charge in [0.25, 0.3) is 0 Å². The summed E-state index contributed by atoms with van der Waals surface area (Å²) in [6, 6.07) is 8.67. The van der Waals surface area contributed by atoms with Crippen LogP contribution < -0.4 is 0 Å². The number of aryl methyl sites for hydroxylation is 1. The molecular weight excluding hydrogens is 250 g/mol. The molecule has 0 saturated heterocycles. The lowest BCUT2D eigenvalue weighted by atomic mass is 10.0. The Hall–Kier alpha value is -0.890. The molecule has 1 nitrogen and oxygen atoms in total. The van der Waals surface area contributed by atoms with Gasteiger partial charge in [-0.3, -0.25) is 0 Å². The van der Waals surface area contributed by atoms with Crippen molar-refractivity contribution < 1.29 is 0 Å². The second-order valence-electron chi connectivity index (χ2n) is 3.76. The summed E-state index contributed by atoms with van der Waals surface area (Å²) < 4.78 is 0.943. The maximum atomic E-state index is 4.25. The van der Waals surface area contributed by atoms with Crippen molar-refractivity contribution in [3.05, 3.63) is 40.6 Å². The van der Waals surface area contributed by atoms with E-state index in [4.69, 9.17) is 0 Å². The first-order valence-corrected chi connectivity index (χ1v) is 6.13. The maximum Gasteiger partial charge on any atom is 0.113 e. The van der Waals surface area contributed by atoms with Crippen molar-refractivity contribution in [1.82, 2.24) is 4.98 Å². The topological polar surface area (TPSA) is 12.9 Å². The fourth-order valence-electron chi connectivity index (χ4n) is 1.72. The second kappa shape index (κ2) is 4.75. The van der Waals surface area contributed by atoms with E-state index in [2.05, 4.69) is 46.0 Å². The van der Waals surface area contributed by atoms with Crippen molar-refractivity contribution in [2.45, 2.75) is 26.2 Å². The van der Waals surface area contributed by atoms with E-state index in [-0.39, 0.29) is 0 Å². The van der Waals surface area contributed by atoms with E-state index in [9.17, 15) is 0 Å². The Kier molecular flexibility index (Phi) is 3.37. The van der Waals surface area contributed by atoms with E-state index < -0.39 is 0 Å². The zero-order chi connectivity index (χ0) is 10.7. The molecule has 15 heavy (non-hydrogen) atoms. The van der Waals surface area contributed by atoms with Gasteiger partial charge < -0.3 is 0 Å². The fraction of sp³-hybridized carbons (Fsp3) is 0.308. The van der Waals surface area contributed by atoms with Crippen LogP contribution in [0.4, 0.5) is 0 Å². The molecule has 0 bridgehead atoms. The second-order valence-corrected chi connectivity index (χ2v) is 4.51. The lowest BCUT2D eigenvalue weighted by Crippen LogP contribution is -1.86.